The Morgan fingerprint density at radius 3 is 2.58 bits per heavy atom. The van der Waals surface area contributed by atoms with Gasteiger partial charge in [-0.05, 0) is 56.0 Å². The van der Waals surface area contributed by atoms with Crippen molar-refractivity contribution < 1.29 is 4.79 Å². The fourth-order valence-electron chi connectivity index (χ4n) is 4.14. The molecule has 1 saturated heterocycles. The zero-order valence-electron chi connectivity index (χ0n) is 14.4. The number of carbonyl (C=O) groups excluding carboxylic acids is 1. The van der Waals surface area contributed by atoms with Crippen LogP contribution < -0.4 is 10.6 Å². The summed E-state index contributed by atoms with van der Waals surface area (Å²) in [6.07, 6.45) is 7.71. The maximum Gasteiger partial charge on any atom is 0.315 e. The quantitative estimate of drug-likeness (QED) is 0.842. The first-order valence-electron chi connectivity index (χ1n) is 9.63. The molecule has 1 aromatic carbocycles. The highest BCUT2D eigenvalue weighted by Gasteiger charge is 2.34. The number of nitrogens with zero attached hydrogens (tertiary/aromatic N) is 1. The molecular formula is C20H29N3O. The van der Waals surface area contributed by atoms with Gasteiger partial charge < -0.3 is 15.5 Å². The van der Waals surface area contributed by atoms with Crippen LogP contribution in [0.2, 0.25) is 0 Å². The molecule has 0 spiro atoms. The molecule has 4 rings (SSSR count). The second-order valence-electron chi connectivity index (χ2n) is 7.81. The van der Waals surface area contributed by atoms with Gasteiger partial charge in [0, 0.05) is 19.1 Å². The molecule has 4 heteroatoms. The minimum absolute atomic E-state index is 0.000579. The van der Waals surface area contributed by atoms with Crippen molar-refractivity contribution >= 4 is 6.03 Å². The van der Waals surface area contributed by atoms with E-state index >= 15 is 0 Å². The van der Waals surface area contributed by atoms with Crippen LogP contribution in [-0.4, -0.2) is 36.6 Å². The van der Waals surface area contributed by atoms with Crippen LogP contribution in [0.25, 0.3) is 0 Å². The largest absolute Gasteiger partial charge is 0.338 e. The topological polar surface area (TPSA) is 44.4 Å². The van der Waals surface area contributed by atoms with Gasteiger partial charge in [-0.2, -0.15) is 0 Å². The van der Waals surface area contributed by atoms with Gasteiger partial charge in [-0.1, -0.05) is 36.8 Å². The van der Waals surface area contributed by atoms with Crippen LogP contribution in [0.15, 0.2) is 30.3 Å². The molecule has 2 aliphatic carbocycles. The molecule has 24 heavy (non-hydrogen) atoms. The molecule has 0 unspecified atom stereocenters. The summed E-state index contributed by atoms with van der Waals surface area (Å²) in [6.45, 7) is 3.18. The summed E-state index contributed by atoms with van der Waals surface area (Å²) in [7, 11) is 0. The number of likely N-dealkylation sites (tertiary alicyclic amines) is 1. The smallest absolute Gasteiger partial charge is 0.315 e. The summed E-state index contributed by atoms with van der Waals surface area (Å²) < 4.78 is 0. The Bertz CT molecular complexity index is 553. The average molecular weight is 327 g/mol. The Hall–Kier alpha value is -1.55. The van der Waals surface area contributed by atoms with E-state index in [1.807, 2.05) is 6.07 Å². The second-order valence-corrected chi connectivity index (χ2v) is 7.81. The molecule has 0 radical (unpaired) electrons. The van der Waals surface area contributed by atoms with Gasteiger partial charge in [0.05, 0.1) is 6.04 Å². The van der Waals surface area contributed by atoms with Crippen LogP contribution >= 0.6 is 0 Å². The van der Waals surface area contributed by atoms with Gasteiger partial charge in [-0.25, -0.2) is 4.79 Å². The lowest BCUT2D eigenvalue weighted by Crippen LogP contribution is -2.43. The van der Waals surface area contributed by atoms with Gasteiger partial charge in [0.15, 0.2) is 0 Å². The van der Waals surface area contributed by atoms with Gasteiger partial charge >= 0.3 is 6.03 Å². The molecule has 1 aliphatic heterocycles. The first-order valence-corrected chi connectivity index (χ1v) is 9.63. The fourth-order valence-corrected chi connectivity index (χ4v) is 4.14. The number of rotatable bonds is 6. The second kappa shape index (κ2) is 7.14. The standard InChI is InChI=1S/C20H29N3O/c24-20(21-13-15-11-12-23(14-15)18-9-10-18)22-19(17-7-4-8-17)16-5-2-1-3-6-16/h1-3,5-6,15,17-19H,4,7-14H2,(H2,21,22,24)/t15-,19+/m0/s1. The van der Waals surface area contributed by atoms with E-state index in [-0.39, 0.29) is 12.1 Å². The summed E-state index contributed by atoms with van der Waals surface area (Å²) in [6, 6.07) is 11.4. The highest BCUT2D eigenvalue weighted by molar-refractivity contribution is 5.74. The summed E-state index contributed by atoms with van der Waals surface area (Å²) >= 11 is 0. The Morgan fingerprint density at radius 2 is 1.92 bits per heavy atom. The van der Waals surface area contributed by atoms with Crippen molar-refractivity contribution in [3.05, 3.63) is 35.9 Å². The van der Waals surface area contributed by atoms with E-state index in [2.05, 4.69) is 39.8 Å². The monoisotopic (exact) mass is 327 g/mol. The molecule has 2 saturated carbocycles. The van der Waals surface area contributed by atoms with Crippen LogP contribution in [-0.2, 0) is 0 Å². The van der Waals surface area contributed by atoms with Crippen LogP contribution in [0.1, 0.15) is 50.1 Å². The summed E-state index contributed by atoms with van der Waals surface area (Å²) in [5.41, 5.74) is 1.23. The predicted molar refractivity (Wildman–Crippen MR) is 95.8 cm³/mol. The summed E-state index contributed by atoms with van der Waals surface area (Å²) in [5.74, 6) is 1.21. The lowest BCUT2D eigenvalue weighted by Gasteiger charge is -2.34. The van der Waals surface area contributed by atoms with Gasteiger partial charge in [-0.15, -0.1) is 0 Å². The predicted octanol–water partition coefficient (Wildman–Crippen LogP) is 3.31. The first-order chi connectivity index (χ1) is 11.8. The van der Waals surface area contributed by atoms with Crippen molar-refractivity contribution in [2.75, 3.05) is 19.6 Å². The van der Waals surface area contributed by atoms with Crippen molar-refractivity contribution in [1.29, 1.82) is 0 Å². The Balaban J connectivity index is 1.27. The molecule has 3 fully saturated rings. The molecule has 2 N–H and O–H groups in total. The van der Waals surface area contributed by atoms with Crippen molar-refractivity contribution in [2.45, 2.75) is 50.6 Å². The van der Waals surface area contributed by atoms with Gasteiger partial charge in [0.2, 0.25) is 0 Å². The Labute approximate surface area is 145 Å². The summed E-state index contributed by atoms with van der Waals surface area (Å²) in [4.78, 5) is 15.0. The van der Waals surface area contributed by atoms with E-state index in [0.717, 1.165) is 19.1 Å². The van der Waals surface area contributed by atoms with Crippen LogP contribution in [0, 0.1) is 11.8 Å². The minimum atomic E-state index is 0.000579. The third kappa shape index (κ3) is 3.75. The SMILES string of the molecule is O=C(NC[C@@H]1CCN(C2CC2)C1)N[C@H](c1ccccc1)C1CCC1. The van der Waals surface area contributed by atoms with E-state index in [4.69, 9.17) is 0 Å². The molecule has 1 aromatic rings. The molecule has 2 atom stereocenters. The third-order valence-electron chi connectivity index (χ3n) is 6.00. The summed E-state index contributed by atoms with van der Waals surface area (Å²) in [5, 5.41) is 6.37. The maximum atomic E-state index is 12.4. The molecular weight excluding hydrogens is 298 g/mol. The molecule has 2 amide bonds. The molecule has 0 aromatic heterocycles. The lowest BCUT2D eigenvalue weighted by atomic mass is 9.77. The number of nitrogens with one attached hydrogen (secondary N) is 2. The molecule has 130 valence electrons. The van der Waals surface area contributed by atoms with E-state index in [0.29, 0.717) is 11.8 Å². The van der Waals surface area contributed by atoms with E-state index in [1.165, 1.54) is 50.6 Å². The number of amides is 2. The van der Waals surface area contributed by atoms with Gasteiger partial charge in [0.25, 0.3) is 0 Å². The maximum absolute atomic E-state index is 12.4. The number of hydrogen-bond donors (Lipinski definition) is 2. The van der Waals surface area contributed by atoms with Crippen LogP contribution in [0.5, 0.6) is 0 Å². The van der Waals surface area contributed by atoms with E-state index < -0.39 is 0 Å². The van der Waals surface area contributed by atoms with Crippen LogP contribution in [0.4, 0.5) is 4.79 Å². The zero-order chi connectivity index (χ0) is 16.4. The van der Waals surface area contributed by atoms with E-state index in [1.54, 1.807) is 0 Å². The van der Waals surface area contributed by atoms with Crippen molar-refractivity contribution in [3.8, 4) is 0 Å². The van der Waals surface area contributed by atoms with Gasteiger partial charge in [-0.3, -0.25) is 0 Å². The van der Waals surface area contributed by atoms with Crippen molar-refractivity contribution in [3.63, 3.8) is 0 Å². The first kappa shape index (κ1) is 15.9. The zero-order valence-corrected chi connectivity index (χ0v) is 14.4. The minimum Gasteiger partial charge on any atom is -0.338 e. The third-order valence-corrected chi connectivity index (χ3v) is 6.00. The highest BCUT2D eigenvalue weighted by atomic mass is 16.2. The molecule has 0 bridgehead atoms. The van der Waals surface area contributed by atoms with Crippen LogP contribution in [0.3, 0.4) is 0 Å². The molecule has 3 aliphatic rings. The Morgan fingerprint density at radius 1 is 1.12 bits per heavy atom. The number of hydrogen-bond acceptors (Lipinski definition) is 2. The Kier molecular flexibility index (Phi) is 4.74. The van der Waals surface area contributed by atoms with Crippen molar-refractivity contribution in [1.82, 2.24) is 15.5 Å². The average Bonchev–Trinajstić information content (AvgIpc) is 3.30. The normalized spacial score (nSPS) is 25.9. The number of benzene rings is 1. The van der Waals surface area contributed by atoms with E-state index in [9.17, 15) is 4.79 Å². The molecule has 1 heterocycles. The highest BCUT2D eigenvalue weighted by Crippen LogP contribution is 2.37. The number of urea groups is 1. The van der Waals surface area contributed by atoms with Gasteiger partial charge in [0.1, 0.15) is 0 Å². The number of carbonyl (C=O) groups is 1. The lowest BCUT2D eigenvalue weighted by molar-refractivity contribution is 0.206. The fraction of sp³-hybridized carbons (Fsp3) is 0.650. The molecule has 4 nitrogen and oxygen atoms in total. The van der Waals surface area contributed by atoms with Crippen molar-refractivity contribution in [2.24, 2.45) is 11.8 Å².